The molecule has 0 aromatic carbocycles. The zero-order valence-corrected chi connectivity index (χ0v) is 12.4. The third kappa shape index (κ3) is 2.06. The zero-order valence-electron chi connectivity index (χ0n) is 10.8. The SMILES string of the molecule is Cc1nc2sccn2c(=O)c1S(=O)(=O)N1CCOCC1. The van der Waals surface area contributed by atoms with Gasteiger partial charge in [0, 0.05) is 24.7 Å². The van der Waals surface area contributed by atoms with Crippen molar-refractivity contribution in [3.05, 3.63) is 27.6 Å². The van der Waals surface area contributed by atoms with Gasteiger partial charge < -0.3 is 4.74 Å². The largest absolute Gasteiger partial charge is 0.379 e. The minimum Gasteiger partial charge on any atom is -0.379 e. The van der Waals surface area contributed by atoms with Crippen LogP contribution >= 0.6 is 11.3 Å². The van der Waals surface area contributed by atoms with E-state index in [1.165, 1.54) is 26.2 Å². The number of aromatic nitrogens is 2. The molecule has 0 atom stereocenters. The summed E-state index contributed by atoms with van der Waals surface area (Å²) in [7, 11) is -3.83. The number of ether oxygens (including phenoxy) is 1. The summed E-state index contributed by atoms with van der Waals surface area (Å²) in [6, 6.07) is 0. The van der Waals surface area contributed by atoms with Gasteiger partial charge in [0.05, 0.1) is 18.9 Å². The number of fused-ring (bicyclic) bond motifs is 1. The molecule has 9 heteroatoms. The topological polar surface area (TPSA) is 81.0 Å². The molecule has 0 aliphatic carbocycles. The van der Waals surface area contributed by atoms with Crippen molar-refractivity contribution in [3.8, 4) is 0 Å². The number of aryl methyl sites for hydroxylation is 1. The molecule has 0 N–H and O–H groups in total. The molecule has 1 saturated heterocycles. The molecule has 1 aliphatic heterocycles. The van der Waals surface area contributed by atoms with Crippen LogP contribution in [0.4, 0.5) is 0 Å². The summed E-state index contributed by atoms with van der Waals surface area (Å²) in [4.78, 5) is 16.8. The highest BCUT2D eigenvalue weighted by atomic mass is 32.2. The van der Waals surface area contributed by atoms with Crippen LogP contribution in [0.2, 0.25) is 0 Å². The Balaban J connectivity index is 2.20. The second-order valence-corrected chi connectivity index (χ2v) is 7.15. The normalized spacial score (nSPS) is 17.6. The van der Waals surface area contributed by atoms with E-state index in [-0.39, 0.29) is 23.7 Å². The highest BCUT2D eigenvalue weighted by molar-refractivity contribution is 7.89. The number of rotatable bonds is 2. The third-order valence-corrected chi connectivity index (χ3v) is 5.95. The van der Waals surface area contributed by atoms with Gasteiger partial charge in [-0.05, 0) is 6.92 Å². The molecule has 0 unspecified atom stereocenters. The van der Waals surface area contributed by atoms with Gasteiger partial charge in [-0.3, -0.25) is 9.20 Å². The van der Waals surface area contributed by atoms with Crippen LogP contribution in [0.3, 0.4) is 0 Å². The Labute approximate surface area is 119 Å². The van der Waals surface area contributed by atoms with Crippen molar-refractivity contribution in [1.29, 1.82) is 0 Å². The van der Waals surface area contributed by atoms with Gasteiger partial charge in [0.1, 0.15) is 0 Å². The summed E-state index contributed by atoms with van der Waals surface area (Å²) >= 11 is 1.29. The lowest BCUT2D eigenvalue weighted by Crippen LogP contribution is -2.43. The van der Waals surface area contributed by atoms with Gasteiger partial charge in [0.2, 0.25) is 0 Å². The van der Waals surface area contributed by atoms with Gasteiger partial charge in [-0.15, -0.1) is 11.3 Å². The Morgan fingerprint density at radius 3 is 2.75 bits per heavy atom. The van der Waals surface area contributed by atoms with E-state index >= 15 is 0 Å². The van der Waals surface area contributed by atoms with Gasteiger partial charge in [0.25, 0.3) is 15.6 Å². The minimum absolute atomic E-state index is 0.240. The van der Waals surface area contributed by atoms with Crippen LogP contribution < -0.4 is 5.56 Å². The van der Waals surface area contributed by atoms with E-state index in [1.807, 2.05) is 0 Å². The maximum atomic E-state index is 12.6. The molecule has 1 aliphatic rings. The van der Waals surface area contributed by atoms with Crippen LogP contribution in [-0.4, -0.2) is 48.4 Å². The molecule has 20 heavy (non-hydrogen) atoms. The third-order valence-electron chi connectivity index (χ3n) is 3.16. The first kappa shape index (κ1) is 13.7. The van der Waals surface area contributed by atoms with Crippen LogP contribution in [0.1, 0.15) is 5.69 Å². The van der Waals surface area contributed by atoms with Crippen LogP contribution in [0.5, 0.6) is 0 Å². The highest BCUT2D eigenvalue weighted by Crippen LogP contribution is 2.18. The van der Waals surface area contributed by atoms with Gasteiger partial charge in [-0.25, -0.2) is 13.4 Å². The first-order valence-electron chi connectivity index (χ1n) is 6.06. The van der Waals surface area contributed by atoms with E-state index in [0.29, 0.717) is 18.2 Å². The van der Waals surface area contributed by atoms with E-state index in [2.05, 4.69) is 4.98 Å². The fourth-order valence-corrected chi connectivity index (χ4v) is 4.56. The maximum absolute atomic E-state index is 12.6. The van der Waals surface area contributed by atoms with Crippen molar-refractivity contribution >= 4 is 26.3 Å². The lowest BCUT2D eigenvalue weighted by molar-refractivity contribution is 0.0729. The quantitative estimate of drug-likeness (QED) is 0.784. The number of morpholine rings is 1. The number of nitrogens with zero attached hydrogens (tertiary/aromatic N) is 3. The molecule has 1 fully saturated rings. The Bertz CT molecular complexity index is 803. The Morgan fingerprint density at radius 2 is 2.05 bits per heavy atom. The number of thiazole rings is 1. The zero-order chi connectivity index (χ0) is 14.3. The molecule has 0 radical (unpaired) electrons. The predicted octanol–water partition coefficient (Wildman–Crippen LogP) is 0.0853. The molecule has 7 nitrogen and oxygen atoms in total. The van der Waals surface area contributed by atoms with Crippen molar-refractivity contribution in [2.45, 2.75) is 11.8 Å². The Morgan fingerprint density at radius 1 is 1.35 bits per heavy atom. The molecule has 0 bridgehead atoms. The maximum Gasteiger partial charge on any atom is 0.279 e. The van der Waals surface area contributed by atoms with Crippen LogP contribution in [0.25, 0.3) is 4.96 Å². The molecule has 0 saturated carbocycles. The van der Waals surface area contributed by atoms with E-state index < -0.39 is 15.6 Å². The fourth-order valence-electron chi connectivity index (χ4n) is 2.18. The molecule has 3 rings (SSSR count). The summed E-state index contributed by atoms with van der Waals surface area (Å²) in [6.45, 7) is 2.75. The molecule has 0 spiro atoms. The van der Waals surface area contributed by atoms with Crippen molar-refractivity contribution < 1.29 is 13.2 Å². The summed E-state index contributed by atoms with van der Waals surface area (Å²) in [6.07, 6.45) is 1.53. The fraction of sp³-hybridized carbons (Fsp3) is 0.455. The summed E-state index contributed by atoms with van der Waals surface area (Å²) in [5, 5.41) is 1.70. The molecular formula is C11H13N3O4S2. The number of sulfonamides is 1. The average Bonchev–Trinajstić information content (AvgIpc) is 2.88. The van der Waals surface area contributed by atoms with Crippen molar-refractivity contribution in [2.75, 3.05) is 26.3 Å². The highest BCUT2D eigenvalue weighted by Gasteiger charge is 2.31. The van der Waals surface area contributed by atoms with Crippen LogP contribution in [0.15, 0.2) is 21.3 Å². The van der Waals surface area contributed by atoms with Crippen LogP contribution in [0, 0.1) is 6.92 Å². The van der Waals surface area contributed by atoms with E-state index in [9.17, 15) is 13.2 Å². The lowest BCUT2D eigenvalue weighted by Gasteiger charge is -2.26. The van der Waals surface area contributed by atoms with E-state index in [1.54, 1.807) is 12.3 Å². The lowest BCUT2D eigenvalue weighted by atomic mass is 10.4. The number of hydrogen-bond acceptors (Lipinski definition) is 6. The smallest absolute Gasteiger partial charge is 0.279 e. The molecule has 108 valence electrons. The average molecular weight is 315 g/mol. The van der Waals surface area contributed by atoms with Gasteiger partial charge in [0.15, 0.2) is 9.86 Å². The summed E-state index contributed by atoms with van der Waals surface area (Å²) in [5.74, 6) is 0. The van der Waals surface area contributed by atoms with Gasteiger partial charge in [-0.1, -0.05) is 0 Å². The predicted molar refractivity (Wildman–Crippen MR) is 73.7 cm³/mol. The van der Waals surface area contributed by atoms with Gasteiger partial charge >= 0.3 is 0 Å². The first-order chi connectivity index (χ1) is 9.51. The Kier molecular flexibility index (Phi) is 3.36. The number of hydrogen-bond donors (Lipinski definition) is 0. The van der Waals surface area contributed by atoms with Crippen molar-refractivity contribution in [1.82, 2.24) is 13.7 Å². The molecule has 2 aromatic rings. The molecule has 0 amide bonds. The molecule has 3 heterocycles. The second kappa shape index (κ2) is 4.92. The Hall–Kier alpha value is -1.29. The van der Waals surface area contributed by atoms with Gasteiger partial charge in [-0.2, -0.15) is 4.31 Å². The minimum atomic E-state index is -3.83. The second-order valence-electron chi connectivity index (χ2n) is 4.40. The van der Waals surface area contributed by atoms with Crippen LogP contribution in [-0.2, 0) is 14.8 Å². The molecule has 2 aromatic heterocycles. The van der Waals surface area contributed by atoms with E-state index in [4.69, 9.17) is 4.74 Å². The standard InChI is InChI=1S/C11H13N3O4S2/c1-8-9(10(15)14-4-7-19-11(14)12-8)20(16,17)13-2-5-18-6-3-13/h4,7H,2-3,5-6H2,1H3. The van der Waals surface area contributed by atoms with E-state index in [0.717, 1.165) is 0 Å². The monoisotopic (exact) mass is 315 g/mol. The summed E-state index contributed by atoms with van der Waals surface area (Å²) in [5.41, 5.74) is -0.302. The first-order valence-corrected chi connectivity index (χ1v) is 8.38. The summed E-state index contributed by atoms with van der Waals surface area (Å²) < 4.78 is 32.9. The van der Waals surface area contributed by atoms with Crippen molar-refractivity contribution in [2.24, 2.45) is 0 Å². The molecular weight excluding hydrogens is 302 g/mol. The van der Waals surface area contributed by atoms with Crippen molar-refractivity contribution in [3.63, 3.8) is 0 Å².